The van der Waals surface area contributed by atoms with Gasteiger partial charge in [0, 0.05) is 42.5 Å². The van der Waals surface area contributed by atoms with E-state index >= 15 is 8.78 Å². The van der Waals surface area contributed by atoms with Gasteiger partial charge in [-0.15, -0.1) is 0 Å². The van der Waals surface area contributed by atoms with E-state index in [1.165, 1.54) is 32.0 Å². The van der Waals surface area contributed by atoms with E-state index in [0.29, 0.717) is 41.2 Å². The minimum atomic E-state index is -5.11. The zero-order valence-electron chi connectivity index (χ0n) is 24.7. The first-order valence-corrected chi connectivity index (χ1v) is 14.2. The van der Waals surface area contributed by atoms with E-state index in [1.807, 2.05) is 11.9 Å². The Hall–Kier alpha value is -4.33. The number of hydrogen-bond donors (Lipinski definition) is 1. The van der Waals surface area contributed by atoms with Crippen molar-refractivity contribution in [2.45, 2.75) is 46.0 Å². The van der Waals surface area contributed by atoms with Crippen molar-refractivity contribution in [3.05, 3.63) is 59.2 Å². The van der Waals surface area contributed by atoms with Gasteiger partial charge in [-0.2, -0.15) is 18.2 Å². The van der Waals surface area contributed by atoms with Gasteiger partial charge in [0.05, 0.1) is 12.2 Å². The number of alkyl halides is 3. The summed E-state index contributed by atoms with van der Waals surface area (Å²) in [7, 11) is 1.98. The minimum Gasteiger partial charge on any atom is -0.339 e. The number of carbonyl (C=O) groups excluding carboxylic acids is 2. The summed E-state index contributed by atoms with van der Waals surface area (Å²) in [6.07, 6.45) is -4.33. The molecule has 9 nitrogen and oxygen atoms in total. The lowest BCUT2D eigenvalue weighted by Crippen LogP contribution is -2.45. The molecule has 44 heavy (non-hydrogen) atoms. The molecule has 1 saturated heterocycles. The largest absolute Gasteiger partial charge is 0.471 e. The fraction of sp³-hybridized carbons (Fsp3) is 0.400. The lowest BCUT2D eigenvalue weighted by atomic mass is 9.98. The minimum absolute atomic E-state index is 0.00918. The topological polar surface area (TPSA) is 84.9 Å². The van der Waals surface area contributed by atoms with Crippen molar-refractivity contribution < 1.29 is 31.5 Å². The average molecular weight is 618 g/mol. The van der Waals surface area contributed by atoms with Crippen molar-refractivity contribution in [2.75, 3.05) is 47.9 Å². The molecule has 2 aliphatic rings. The van der Waals surface area contributed by atoms with Crippen LogP contribution >= 0.6 is 0 Å². The van der Waals surface area contributed by atoms with Crippen molar-refractivity contribution in [2.24, 2.45) is 0 Å². The molecule has 1 fully saturated rings. The Kier molecular flexibility index (Phi) is 8.47. The van der Waals surface area contributed by atoms with Gasteiger partial charge in [-0.3, -0.25) is 4.79 Å². The molecule has 3 amide bonds. The van der Waals surface area contributed by atoms with Gasteiger partial charge in [0.25, 0.3) is 0 Å². The molecule has 1 N–H and O–H groups in total. The van der Waals surface area contributed by atoms with Crippen molar-refractivity contribution in [3.63, 3.8) is 0 Å². The lowest BCUT2D eigenvalue weighted by Gasteiger charge is -2.32. The number of benzene rings is 2. The lowest BCUT2D eigenvalue weighted by molar-refractivity contribution is -0.170. The fourth-order valence-corrected chi connectivity index (χ4v) is 5.47. The van der Waals surface area contributed by atoms with Gasteiger partial charge < -0.3 is 20.0 Å². The van der Waals surface area contributed by atoms with Crippen LogP contribution in [-0.4, -0.2) is 72.3 Å². The van der Waals surface area contributed by atoms with Crippen LogP contribution in [0.5, 0.6) is 0 Å². The maximum Gasteiger partial charge on any atom is 0.471 e. The second-order valence-electron chi connectivity index (χ2n) is 11.1. The molecule has 2 aromatic carbocycles. The van der Waals surface area contributed by atoms with Gasteiger partial charge in [0.15, 0.2) is 5.82 Å². The van der Waals surface area contributed by atoms with Crippen LogP contribution in [0.1, 0.15) is 31.4 Å². The number of nitrogens with one attached hydrogen (secondary N) is 1. The van der Waals surface area contributed by atoms with E-state index in [2.05, 4.69) is 15.2 Å². The maximum atomic E-state index is 15.1. The molecule has 5 rings (SSSR count). The van der Waals surface area contributed by atoms with Gasteiger partial charge >= 0.3 is 18.1 Å². The average Bonchev–Trinajstić information content (AvgIpc) is 3.18. The van der Waals surface area contributed by atoms with Crippen LogP contribution in [0.15, 0.2) is 36.4 Å². The zero-order valence-corrected chi connectivity index (χ0v) is 24.7. The molecular weight excluding hydrogens is 585 g/mol. The second-order valence-corrected chi connectivity index (χ2v) is 11.1. The monoisotopic (exact) mass is 617 g/mol. The van der Waals surface area contributed by atoms with Gasteiger partial charge in [0.1, 0.15) is 17.3 Å². The zero-order chi connectivity index (χ0) is 31.9. The molecule has 3 aromatic rings. The summed E-state index contributed by atoms with van der Waals surface area (Å²) in [6.45, 7) is 7.15. The summed E-state index contributed by atoms with van der Waals surface area (Å²) in [4.78, 5) is 40.7. The van der Waals surface area contributed by atoms with Gasteiger partial charge in [-0.05, 0) is 70.6 Å². The van der Waals surface area contributed by atoms with Crippen molar-refractivity contribution in [1.82, 2.24) is 20.2 Å². The molecule has 0 unspecified atom stereocenters. The number of fused-ring (bicyclic) bond motifs is 1. The summed E-state index contributed by atoms with van der Waals surface area (Å²) < 4.78 is 70.9. The highest BCUT2D eigenvalue weighted by Gasteiger charge is 2.44. The number of likely N-dealkylation sites (N-methyl/N-ethyl adjacent to an activating group) is 1. The van der Waals surface area contributed by atoms with Crippen LogP contribution in [0, 0.1) is 18.6 Å². The molecule has 0 bridgehead atoms. The Balaban J connectivity index is 1.75. The van der Waals surface area contributed by atoms with Gasteiger partial charge in [-0.1, -0.05) is 12.1 Å². The Morgan fingerprint density at radius 3 is 2.39 bits per heavy atom. The van der Waals surface area contributed by atoms with Crippen LogP contribution < -0.4 is 20.0 Å². The number of anilines is 4. The van der Waals surface area contributed by atoms with Crippen molar-refractivity contribution in [3.8, 4) is 11.3 Å². The highest BCUT2D eigenvalue weighted by molar-refractivity contribution is 6.02. The molecule has 0 aliphatic carbocycles. The smallest absolute Gasteiger partial charge is 0.339 e. The number of nitrogens with zero attached hydrogens (tertiary/aromatic N) is 6. The van der Waals surface area contributed by atoms with Gasteiger partial charge in [0.2, 0.25) is 5.95 Å². The number of urea groups is 1. The first kappa shape index (κ1) is 31.1. The van der Waals surface area contributed by atoms with E-state index < -0.39 is 41.5 Å². The number of rotatable bonds is 5. The molecule has 14 heteroatoms. The number of halogens is 5. The van der Waals surface area contributed by atoms with Gasteiger partial charge in [-0.25, -0.2) is 23.5 Å². The molecule has 0 spiro atoms. The second kappa shape index (κ2) is 12.0. The Morgan fingerprint density at radius 1 is 1.02 bits per heavy atom. The van der Waals surface area contributed by atoms with E-state index in [1.54, 1.807) is 13.0 Å². The third-order valence-corrected chi connectivity index (χ3v) is 7.70. The molecular formula is C30H32F5N7O2. The molecule has 234 valence electrons. The third kappa shape index (κ3) is 5.90. The fourth-order valence-electron chi connectivity index (χ4n) is 5.47. The summed E-state index contributed by atoms with van der Waals surface area (Å²) in [6, 6.07) is 6.03. The standard InChI is InChI=1S/C30H32F5N7O2/c1-17(2)41(27(43)30(33,34)35)19-10-9-18(3)20(15-19)24-21-16-36-29(44)42(25-22(31)7-5-8-23(25)32)26(21)38-28(37-24)40-12-6-11-39(4)13-14-40/h5,7-10,15,17H,6,11-14,16H2,1-4H3,(H,36,44). The number of carbonyl (C=O) groups is 2. The van der Waals surface area contributed by atoms with Crippen LogP contribution in [0.4, 0.5) is 49.9 Å². The highest BCUT2D eigenvalue weighted by Crippen LogP contribution is 2.41. The molecule has 0 radical (unpaired) electrons. The van der Waals surface area contributed by atoms with E-state index in [9.17, 15) is 22.8 Å². The van der Waals surface area contributed by atoms with E-state index in [-0.39, 0.29) is 29.7 Å². The Morgan fingerprint density at radius 2 is 1.73 bits per heavy atom. The molecule has 3 heterocycles. The summed E-state index contributed by atoms with van der Waals surface area (Å²) >= 11 is 0. The maximum absolute atomic E-state index is 15.1. The molecule has 0 saturated carbocycles. The Labute approximate surface area is 251 Å². The number of aromatic nitrogens is 2. The van der Waals surface area contributed by atoms with E-state index in [0.717, 1.165) is 30.0 Å². The highest BCUT2D eigenvalue weighted by atomic mass is 19.4. The Bertz CT molecular complexity index is 1580. The van der Waals surface area contributed by atoms with Crippen LogP contribution in [0.2, 0.25) is 0 Å². The first-order valence-electron chi connectivity index (χ1n) is 14.2. The normalized spacial score (nSPS) is 16.1. The van der Waals surface area contributed by atoms with E-state index in [4.69, 9.17) is 4.98 Å². The number of hydrogen-bond acceptors (Lipinski definition) is 6. The quantitative estimate of drug-likeness (QED) is 0.379. The van der Waals surface area contributed by atoms with Crippen LogP contribution in [-0.2, 0) is 11.3 Å². The van der Waals surface area contributed by atoms with Crippen LogP contribution in [0.25, 0.3) is 11.3 Å². The van der Waals surface area contributed by atoms with Crippen molar-refractivity contribution in [1.29, 1.82) is 0 Å². The predicted octanol–water partition coefficient (Wildman–Crippen LogP) is 5.54. The number of amides is 3. The summed E-state index contributed by atoms with van der Waals surface area (Å²) in [5.41, 5.74) is 0.919. The first-order chi connectivity index (χ1) is 20.8. The SMILES string of the molecule is Cc1ccc(N(C(=O)C(F)(F)F)C(C)C)cc1-c1nc(N2CCCN(C)CC2)nc2c1CNC(=O)N2c1c(F)cccc1F. The number of para-hydroxylation sites is 1. The summed E-state index contributed by atoms with van der Waals surface area (Å²) in [5.74, 6) is -3.84. The van der Waals surface area contributed by atoms with Crippen LogP contribution in [0.3, 0.4) is 0 Å². The molecule has 1 aromatic heterocycles. The van der Waals surface area contributed by atoms with Crippen molar-refractivity contribution >= 4 is 35.1 Å². The third-order valence-electron chi connectivity index (χ3n) is 7.70. The summed E-state index contributed by atoms with van der Waals surface area (Å²) in [5, 5.41) is 2.62. The number of aryl methyl sites for hydroxylation is 1. The molecule has 0 atom stereocenters. The predicted molar refractivity (Wildman–Crippen MR) is 156 cm³/mol. The molecule has 2 aliphatic heterocycles.